The van der Waals surface area contributed by atoms with E-state index < -0.39 is 0 Å². The Morgan fingerprint density at radius 3 is 2.64 bits per heavy atom. The SMILES string of the molecule is C#CC1=C(SC)CCCCC1. The lowest BCUT2D eigenvalue weighted by molar-refractivity contribution is 0.713. The lowest BCUT2D eigenvalue weighted by Crippen LogP contribution is -1.82. The van der Waals surface area contributed by atoms with Gasteiger partial charge in [-0.3, -0.25) is 0 Å². The van der Waals surface area contributed by atoms with Crippen LogP contribution in [0.15, 0.2) is 10.5 Å². The molecular weight excluding hydrogens is 152 g/mol. The second-order valence-corrected chi connectivity index (χ2v) is 3.71. The van der Waals surface area contributed by atoms with Crippen molar-refractivity contribution in [2.24, 2.45) is 0 Å². The van der Waals surface area contributed by atoms with Crippen LogP contribution in [-0.2, 0) is 0 Å². The molecule has 0 saturated heterocycles. The number of hydrogen-bond acceptors (Lipinski definition) is 1. The molecule has 0 aliphatic heterocycles. The van der Waals surface area contributed by atoms with E-state index in [2.05, 4.69) is 12.2 Å². The molecule has 60 valence electrons. The summed E-state index contributed by atoms with van der Waals surface area (Å²) in [7, 11) is 0. The highest BCUT2D eigenvalue weighted by Gasteiger charge is 2.07. The van der Waals surface area contributed by atoms with Crippen molar-refractivity contribution < 1.29 is 0 Å². The van der Waals surface area contributed by atoms with Crippen LogP contribution < -0.4 is 0 Å². The lowest BCUT2D eigenvalue weighted by atomic mass is 10.1. The van der Waals surface area contributed by atoms with Crippen molar-refractivity contribution >= 4 is 11.8 Å². The molecule has 0 aromatic rings. The van der Waals surface area contributed by atoms with Crippen LogP contribution in [-0.4, -0.2) is 6.26 Å². The van der Waals surface area contributed by atoms with E-state index in [4.69, 9.17) is 6.42 Å². The van der Waals surface area contributed by atoms with Gasteiger partial charge in [-0.1, -0.05) is 12.3 Å². The van der Waals surface area contributed by atoms with Crippen LogP contribution in [0.2, 0.25) is 0 Å². The Labute approximate surface area is 73.5 Å². The molecule has 0 aromatic carbocycles. The van der Waals surface area contributed by atoms with Gasteiger partial charge in [0.25, 0.3) is 0 Å². The average molecular weight is 166 g/mol. The summed E-state index contributed by atoms with van der Waals surface area (Å²) in [5, 5.41) is 0. The number of thioether (sulfide) groups is 1. The molecule has 0 heterocycles. The van der Waals surface area contributed by atoms with Crippen molar-refractivity contribution in [3.63, 3.8) is 0 Å². The van der Waals surface area contributed by atoms with Crippen molar-refractivity contribution in [1.29, 1.82) is 0 Å². The molecule has 1 rings (SSSR count). The summed E-state index contributed by atoms with van der Waals surface area (Å²) in [6, 6.07) is 0. The van der Waals surface area contributed by atoms with E-state index in [1.165, 1.54) is 36.2 Å². The van der Waals surface area contributed by atoms with Crippen LogP contribution in [0.4, 0.5) is 0 Å². The number of terminal acetylenes is 1. The van der Waals surface area contributed by atoms with E-state index in [-0.39, 0.29) is 0 Å². The van der Waals surface area contributed by atoms with Gasteiger partial charge in [0.2, 0.25) is 0 Å². The molecule has 0 amide bonds. The predicted molar refractivity (Wildman–Crippen MR) is 52.5 cm³/mol. The fraction of sp³-hybridized carbons (Fsp3) is 0.600. The van der Waals surface area contributed by atoms with E-state index in [9.17, 15) is 0 Å². The lowest BCUT2D eigenvalue weighted by Gasteiger charge is -2.02. The van der Waals surface area contributed by atoms with Gasteiger partial charge in [-0.15, -0.1) is 18.2 Å². The van der Waals surface area contributed by atoms with E-state index in [1.807, 2.05) is 11.8 Å². The highest BCUT2D eigenvalue weighted by atomic mass is 32.2. The monoisotopic (exact) mass is 166 g/mol. The summed E-state index contributed by atoms with van der Waals surface area (Å²) in [6.07, 6.45) is 13.8. The molecule has 0 nitrogen and oxygen atoms in total. The second kappa shape index (κ2) is 4.51. The van der Waals surface area contributed by atoms with E-state index >= 15 is 0 Å². The standard InChI is InChI=1S/C10H14S/c1-3-9-7-5-4-6-8-10(9)11-2/h1H,4-8H2,2H3. The van der Waals surface area contributed by atoms with E-state index in [0.717, 1.165) is 6.42 Å². The van der Waals surface area contributed by atoms with Crippen LogP contribution in [0.3, 0.4) is 0 Å². The zero-order valence-electron chi connectivity index (χ0n) is 7.02. The van der Waals surface area contributed by atoms with Gasteiger partial charge in [-0.2, -0.15) is 0 Å². The van der Waals surface area contributed by atoms with Crippen molar-refractivity contribution in [2.75, 3.05) is 6.26 Å². The molecule has 0 spiro atoms. The maximum absolute atomic E-state index is 5.42. The van der Waals surface area contributed by atoms with Crippen molar-refractivity contribution in [3.05, 3.63) is 10.5 Å². The molecule has 11 heavy (non-hydrogen) atoms. The third kappa shape index (κ3) is 2.31. The minimum atomic E-state index is 1.13. The van der Waals surface area contributed by atoms with Crippen LogP contribution in [0.1, 0.15) is 32.1 Å². The molecule has 0 saturated carbocycles. The van der Waals surface area contributed by atoms with Crippen molar-refractivity contribution in [2.45, 2.75) is 32.1 Å². The van der Waals surface area contributed by atoms with Crippen molar-refractivity contribution in [3.8, 4) is 12.3 Å². The molecule has 0 atom stereocenters. The van der Waals surface area contributed by atoms with Gasteiger partial charge in [-0.25, -0.2) is 0 Å². The number of rotatable bonds is 1. The van der Waals surface area contributed by atoms with E-state index in [1.54, 1.807) is 0 Å². The van der Waals surface area contributed by atoms with Gasteiger partial charge < -0.3 is 0 Å². The summed E-state index contributed by atoms with van der Waals surface area (Å²) in [5.41, 5.74) is 1.26. The first kappa shape index (κ1) is 8.74. The summed E-state index contributed by atoms with van der Waals surface area (Å²) in [5.74, 6) is 2.80. The third-order valence-electron chi connectivity index (χ3n) is 2.09. The molecule has 0 aromatic heterocycles. The summed E-state index contributed by atoms with van der Waals surface area (Å²) in [4.78, 5) is 1.45. The Kier molecular flexibility index (Phi) is 3.59. The Hall–Kier alpha value is -0.350. The van der Waals surface area contributed by atoms with Gasteiger partial charge in [0.05, 0.1) is 0 Å². The maximum atomic E-state index is 5.42. The summed E-state index contributed by atoms with van der Waals surface area (Å²) in [6.45, 7) is 0. The van der Waals surface area contributed by atoms with Gasteiger partial charge in [0.15, 0.2) is 0 Å². The topological polar surface area (TPSA) is 0 Å². The molecule has 1 aliphatic rings. The molecule has 1 heteroatoms. The first-order chi connectivity index (χ1) is 5.38. The predicted octanol–water partition coefficient (Wildman–Crippen LogP) is 3.20. The fourth-order valence-electron chi connectivity index (χ4n) is 1.43. The molecular formula is C10H14S. The molecule has 1 aliphatic carbocycles. The van der Waals surface area contributed by atoms with Crippen LogP contribution in [0.25, 0.3) is 0 Å². The first-order valence-electron chi connectivity index (χ1n) is 4.11. The van der Waals surface area contributed by atoms with Gasteiger partial charge >= 0.3 is 0 Å². The fourth-order valence-corrected chi connectivity index (χ4v) is 2.19. The third-order valence-corrected chi connectivity index (χ3v) is 3.03. The smallest absolute Gasteiger partial charge is 0.0112 e. The van der Waals surface area contributed by atoms with Crippen LogP contribution in [0, 0.1) is 12.3 Å². The zero-order valence-corrected chi connectivity index (χ0v) is 7.84. The van der Waals surface area contributed by atoms with Crippen LogP contribution >= 0.6 is 11.8 Å². The van der Waals surface area contributed by atoms with Gasteiger partial charge in [0, 0.05) is 5.57 Å². The molecule has 0 unspecified atom stereocenters. The Bertz CT molecular complexity index is 195. The Morgan fingerprint density at radius 1 is 1.27 bits per heavy atom. The summed E-state index contributed by atoms with van der Waals surface area (Å²) >= 11 is 1.83. The average Bonchev–Trinajstić information content (AvgIpc) is 2.27. The molecule has 0 fully saturated rings. The zero-order chi connectivity index (χ0) is 8.10. The normalized spacial score (nSPS) is 19.3. The quantitative estimate of drug-likeness (QED) is 0.539. The second-order valence-electron chi connectivity index (χ2n) is 2.81. The first-order valence-corrected chi connectivity index (χ1v) is 5.33. The number of allylic oxidation sites excluding steroid dienone is 2. The maximum Gasteiger partial charge on any atom is 0.0112 e. The van der Waals surface area contributed by atoms with Crippen molar-refractivity contribution in [1.82, 2.24) is 0 Å². The van der Waals surface area contributed by atoms with Gasteiger partial charge in [-0.05, 0) is 36.8 Å². The number of hydrogen-bond donors (Lipinski definition) is 0. The molecule has 0 bridgehead atoms. The Balaban J connectivity index is 2.74. The highest BCUT2D eigenvalue weighted by molar-refractivity contribution is 8.02. The highest BCUT2D eigenvalue weighted by Crippen LogP contribution is 2.29. The molecule has 0 N–H and O–H groups in total. The minimum Gasteiger partial charge on any atom is -0.133 e. The van der Waals surface area contributed by atoms with Crippen LogP contribution in [0.5, 0.6) is 0 Å². The Morgan fingerprint density at radius 2 is 2.00 bits per heavy atom. The van der Waals surface area contributed by atoms with E-state index in [0.29, 0.717) is 0 Å². The van der Waals surface area contributed by atoms with Gasteiger partial charge in [0.1, 0.15) is 0 Å². The molecule has 0 radical (unpaired) electrons. The largest absolute Gasteiger partial charge is 0.133 e. The summed E-state index contributed by atoms with van der Waals surface area (Å²) < 4.78 is 0. The minimum absolute atomic E-state index is 1.13.